The van der Waals surface area contributed by atoms with Crippen molar-refractivity contribution in [2.75, 3.05) is 6.61 Å². The fourth-order valence-corrected chi connectivity index (χ4v) is 2.07. The first-order chi connectivity index (χ1) is 9.24. The first kappa shape index (κ1) is 18.4. The summed E-state index contributed by atoms with van der Waals surface area (Å²) < 4.78 is 5.13. The van der Waals surface area contributed by atoms with Crippen LogP contribution in [-0.4, -0.2) is 23.8 Å². The molecule has 114 valence electrons. The molecule has 0 radical (unpaired) electrons. The lowest BCUT2D eigenvalue weighted by Gasteiger charge is -2.12. The third kappa shape index (κ3) is 12.2. The lowest BCUT2D eigenvalue weighted by molar-refractivity contribution is -0.151. The van der Waals surface area contributed by atoms with Gasteiger partial charge in [0, 0.05) is 6.42 Å². The molecule has 0 aliphatic heterocycles. The van der Waals surface area contributed by atoms with Gasteiger partial charge in [0.25, 0.3) is 0 Å². The topological polar surface area (TPSA) is 46.5 Å². The Morgan fingerprint density at radius 1 is 0.947 bits per heavy atom. The Kier molecular flexibility index (Phi) is 13.4. The summed E-state index contributed by atoms with van der Waals surface area (Å²) in [6.07, 6.45) is 12.1. The molecule has 3 nitrogen and oxygen atoms in total. The maximum atomic E-state index is 11.4. The van der Waals surface area contributed by atoms with Crippen molar-refractivity contribution in [1.29, 1.82) is 0 Å². The number of unbranched alkanes of at least 4 members (excludes halogenated alkanes) is 8. The number of carbonyl (C=O) groups excluding carboxylic acids is 1. The molecule has 0 aromatic heterocycles. The van der Waals surface area contributed by atoms with Gasteiger partial charge in [-0.2, -0.15) is 0 Å². The van der Waals surface area contributed by atoms with Crippen molar-refractivity contribution in [3.05, 3.63) is 0 Å². The number of carbonyl (C=O) groups is 1. The van der Waals surface area contributed by atoms with Crippen LogP contribution in [0.15, 0.2) is 0 Å². The van der Waals surface area contributed by atoms with Crippen LogP contribution in [-0.2, 0) is 9.53 Å². The van der Waals surface area contributed by atoms with Crippen LogP contribution in [0.4, 0.5) is 0 Å². The lowest BCUT2D eigenvalue weighted by atomic mass is 10.1. The largest absolute Gasteiger partial charge is 0.460 e. The minimum Gasteiger partial charge on any atom is -0.460 e. The first-order valence-corrected chi connectivity index (χ1v) is 8.04. The zero-order chi connectivity index (χ0) is 14.3. The summed E-state index contributed by atoms with van der Waals surface area (Å²) in [5, 5.41) is 8.93. The molecule has 0 rings (SSSR count). The Labute approximate surface area is 118 Å². The number of aliphatic hydroxyl groups excluding tert-OH is 1. The monoisotopic (exact) mass is 272 g/mol. The van der Waals surface area contributed by atoms with Crippen LogP contribution in [0.25, 0.3) is 0 Å². The summed E-state index contributed by atoms with van der Waals surface area (Å²) in [5.41, 5.74) is 0. The summed E-state index contributed by atoms with van der Waals surface area (Å²) >= 11 is 0. The average molecular weight is 272 g/mol. The second-order valence-electron chi connectivity index (χ2n) is 5.28. The fourth-order valence-electron chi connectivity index (χ4n) is 2.07. The molecule has 0 spiro atoms. The normalized spacial score (nSPS) is 12.4. The van der Waals surface area contributed by atoms with E-state index in [9.17, 15) is 4.79 Å². The summed E-state index contributed by atoms with van der Waals surface area (Å²) in [7, 11) is 0. The van der Waals surface area contributed by atoms with E-state index >= 15 is 0 Å². The smallest absolute Gasteiger partial charge is 0.306 e. The van der Waals surface area contributed by atoms with E-state index < -0.39 is 0 Å². The van der Waals surface area contributed by atoms with E-state index in [0.717, 1.165) is 12.8 Å². The Morgan fingerprint density at radius 3 is 1.95 bits per heavy atom. The predicted octanol–water partition coefficient (Wildman–Crippen LogP) is 4.22. The molecular formula is C16H32O3. The summed E-state index contributed by atoms with van der Waals surface area (Å²) in [6.45, 7) is 4.08. The molecule has 0 saturated carbocycles. The number of aliphatic hydroxyl groups is 1. The molecule has 0 unspecified atom stereocenters. The molecule has 0 amide bonds. The fraction of sp³-hybridized carbons (Fsp3) is 0.938. The van der Waals surface area contributed by atoms with E-state index in [0.29, 0.717) is 12.8 Å². The van der Waals surface area contributed by atoms with E-state index in [1.807, 2.05) is 6.92 Å². The highest BCUT2D eigenvalue weighted by molar-refractivity contribution is 5.69. The van der Waals surface area contributed by atoms with Crippen LogP contribution < -0.4 is 0 Å². The lowest BCUT2D eigenvalue weighted by Crippen LogP contribution is -2.20. The van der Waals surface area contributed by atoms with E-state index in [1.165, 1.54) is 44.9 Å². The number of hydrogen-bond acceptors (Lipinski definition) is 3. The number of ether oxygens (including phenoxy) is 1. The standard InChI is InChI=1S/C16H32O3/c1-3-5-6-7-8-9-10-11-12-13-16(18)19-15(4-2)14-17/h15,17H,3-14H2,1-2H3/t15-/m0/s1. The first-order valence-electron chi connectivity index (χ1n) is 8.04. The van der Waals surface area contributed by atoms with Crippen molar-refractivity contribution in [3.63, 3.8) is 0 Å². The maximum absolute atomic E-state index is 11.4. The van der Waals surface area contributed by atoms with Gasteiger partial charge in [0.05, 0.1) is 6.61 Å². The van der Waals surface area contributed by atoms with Gasteiger partial charge >= 0.3 is 5.97 Å². The van der Waals surface area contributed by atoms with Gasteiger partial charge < -0.3 is 9.84 Å². The third-order valence-corrected chi connectivity index (χ3v) is 3.44. The molecule has 1 atom stereocenters. The molecule has 0 aliphatic rings. The molecule has 0 heterocycles. The second kappa shape index (κ2) is 13.9. The molecule has 0 aliphatic carbocycles. The molecule has 0 aromatic rings. The van der Waals surface area contributed by atoms with Crippen molar-refractivity contribution in [1.82, 2.24) is 0 Å². The zero-order valence-corrected chi connectivity index (χ0v) is 12.8. The molecular weight excluding hydrogens is 240 g/mol. The molecule has 3 heteroatoms. The van der Waals surface area contributed by atoms with Gasteiger partial charge in [-0.25, -0.2) is 0 Å². The highest BCUT2D eigenvalue weighted by Gasteiger charge is 2.10. The van der Waals surface area contributed by atoms with E-state index in [2.05, 4.69) is 6.92 Å². The zero-order valence-electron chi connectivity index (χ0n) is 12.8. The quantitative estimate of drug-likeness (QED) is 0.403. The van der Waals surface area contributed by atoms with Crippen LogP contribution in [0.2, 0.25) is 0 Å². The van der Waals surface area contributed by atoms with Crippen molar-refractivity contribution in [2.45, 2.75) is 90.6 Å². The summed E-state index contributed by atoms with van der Waals surface area (Å²) in [4.78, 5) is 11.4. The van der Waals surface area contributed by atoms with Gasteiger partial charge in [0.15, 0.2) is 0 Å². The van der Waals surface area contributed by atoms with E-state index in [1.54, 1.807) is 0 Å². The Hall–Kier alpha value is -0.570. The van der Waals surface area contributed by atoms with Crippen molar-refractivity contribution in [2.24, 2.45) is 0 Å². The summed E-state index contributed by atoms with van der Waals surface area (Å²) in [5.74, 6) is -0.163. The average Bonchev–Trinajstić information content (AvgIpc) is 2.43. The van der Waals surface area contributed by atoms with Gasteiger partial charge in [0.2, 0.25) is 0 Å². The molecule has 0 fully saturated rings. The Balaban J connectivity index is 3.27. The predicted molar refractivity (Wildman–Crippen MR) is 79.1 cm³/mol. The maximum Gasteiger partial charge on any atom is 0.306 e. The second-order valence-corrected chi connectivity index (χ2v) is 5.28. The minimum absolute atomic E-state index is 0.0694. The van der Waals surface area contributed by atoms with Gasteiger partial charge in [-0.3, -0.25) is 4.79 Å². The van der Waals surface area contributed by atoms with Crippen molar-refractivity contribution in [3.8, 4) is 0 Å². The third-order valence-electron chi connectivity index (χ3n) is 3.44. The SMILES string of the molecule is CCCCCCCCCCCC(=O)O[C@@H](CC)CO. The highest BCUT2D eigenvalue weighted by Crippen LogP contribution is 2.11. The van der Waals surface area contributed by atoms with Crippen LogP contribution in [0.1, 0.15) is 84.5 Å². The molecule has 0 saturated heterocycles. The molecule has 0 aromatic carbocycles. The minimum atomic E-state index is -0.314. The number of hydrogen-bond donors (Lipinski definition) is 1. The van der Waals surface area contributed by atoms with Crippen molar-refractivity contribution >= 4 is 5.97 Å². The van der Waals surface area contributed by atoms with E-state index in [-0.39, 0.29) is 18.7 Å². The highest BCUT2D eigenvalue weighted by atomic mass is 16.5. The van der Waals surface area contributed by atoms with Crippen LogP contribution >= 0.6 is 0 Å². The number of esters is 1. The van der Waals surface area contributed by atoms with Crippen LogP contribution in [0, 0.1) is 0 Å². The Morgan fingerprint density at radius 2 is 1.47 bits per heavy atom. The van der Waals surface area contributed by atoms with Crippen LogP contribution in [0.3, 0.4) is 0 Å². The molecule has 1 N–H and O–H groups in total. The van der Waals surface area contributed by atoms with Crippen molar-refractivity contribution < 1.29 is 14.6 Å². The van der Waals surface area contributed by atoms with Gasteiger partial charge in [-0.05, 0) is 12.8 Å². The van der Waals surface area contributed by atoms with Crippen LogP contribution in [0.5, 0.6) is 0 Å². The van der Waals surface area contributed by atoms with E-state index in [4.69, 9.17) is 9.84 Å². The van der Waals surface area contributed by atoms with Gasteiger partial charge in [-0.1, -0.05) is 65.2 Å². The molecule has 0 bridgehead atoms. The Bertz CT molecular complexity index is 200. The molecule has 19 heavy (non-hydrogen) atoms. The summed E-state index contributed by atoms with van der Waals surface area (Å²) in [6, 6.07) is 0. The number of rotatable bonds is 13. The van der Waals surface area contributed by atoms with Gasteiger partial charge in [-0.15, -0.1) is 0 Å². The van der Waals surface area contributed by atoms with Gasteiger partial charge in [0.1, 0.15) is 6.10 Å².